The van der Waals surface area contributed by atoms with E-state index in [-0.39, 0.29) is 22.2 Å². The molecule has 4 N–H and O–H groups in total. The molecule has 0 atom stereocenters. The highest BCUT2D eigenvalue weighted by Gasteiger charge is 2.14. The Labute approximate surface area is 156 Å². The van der Waals surface area contributed by atoms with Crippen molar-refractivity contribution in [3.63, 3.8) is 0 Å². The molecule has 0 aliphatic carbocycles. The number of nitrogens with two attached hydrogens (primary N) is 1. The van der Waals surface area contributed by atoms with Gasteiger partial charge in [-0.1, -0.05) is 24.8 Å². The number of rotatable bonds is 7. The van der Waals surface area contributed by atoms with Crippen LogP contribution in [0.2, 0.25) is 5.02 Å². The van der Waals surface area contributed by atoms with Crippen LogP contribution in [0.15, 0.2) is 66.2 Å². The monoisotopic (exact) mass is 372 g/mol. The molecular weight excluding hydrogens is 355 g/mol. The molecule has 0 unspecified atom stereocenters. The molecule has 134 valence electrons. The number of aliphatic imine (C=N–C) groups is 1. The van der Waals surface area contributed by atoms with Gasteiger partial charge in [0.05, 0.1) is 22.6 Å². The molecule has 8 heteroatoms. The largest absolute Gasteiger partial charge is 0.403 e. The third-order valence-corrected chi connectivity index (χ3v) is 3.50. The van der Waals surface area contributed by atoms with Gasteiger partial charge in [-0.2, -0.15) is 0 Å². The number of aromatic nitrogens is 2. The van der Waals surface area contributed by atoms with Crippen LogP contribution in [0, 0.1) is 5.82 Å². The number of anilines is 2. The molecule has 1 heterocycles. The number of hydrogen-bond donors (Lipinski definition) is 3. The summed E-state index contributed by atoms with van der Waals surface area (Å²) in [7, 11) is 1.60. The van der Waals surface area contributed by atoms with Crippen LogP contribution in [0.4, 0.5) is 16.0 Å². The van der Waals surface area contributed by atoms with Crippen molar-refractivity contribution in [3.05, 3.63) is 72.1 Å². The molecule has 0 spiro atoms. The van der Waals surface area contributed by atoms with Gasteiger partial charge in [-0.15, -0.1) is 0 Å². The predicted octanol–water partition coefficient (Wildman–Crippen LogP) is 3.96. The van der Waals surface area contributed by atoms with E-state index in [0.29, 0.717) is 17.1 Å². The summed E-state index contributed by atoms with van der Waals surface area (Å²) in [6.07, 6.45) is 5.75. The molecule has 26 heavy (non-hydrogen) atoms. The molecule has 0 amide bonds. The van der Waals surface area contributed by atoms with E-state index in [2.05, 4.69) is 38.8 Å². The molecule has 2 rings (SSSR count). The van der Waals surface area contributed by atoms with Gasteiger partial charge >= 0.3 is 0 Å². The zero-order valence-electron chi connectivity index (χ0n) is 14.1. The second-order valence-electron chi connectivity index (χ2n) is 5.07. The number of nitrogens with one attached hydrogen (secondary N) is 2. The minimum atomic E-state index is -0.476. The van der Waals surface area contributed by atoms with Crippen LogP contribution in [-0.2, 0) is 0 Å². The van der Waals surface area contributed by atoms with Gasteiger partial charge in [-0.05, 0) is 24.3 Å². The van der Waals surface area contributed by atoms with Gasteiger partial charge in [0.15, 0.2) is 0 Å². The first-order valence-corrected chi connectivity index (χ1v) is 7.88. The second kappa shape index (κ2) is 8.77. The van der Waals surface area contributed by atoms with E-state index < -0.39 is 5.82 Å². The van der Waals surface area contributed by atoms with Crippen LogP contribution in [0.3, 0.4) is 0 Å². The summed E-state index contributed by atoms with van der Waals surface area (Å²) in [4.78, 5) is 12.2. The van der Waals surface area contributed by atoms with Crippen LogP contribution in [0.1, 0.15) is 0 Å². The predicted molar refractivity (Wildman–Crippen MR) is 106 cm³/mol. The number of benzene rings is 1. The zero-order chi connectivity index (χ0) is 19.1. The lowest BCUT2D eigenvalue weighted by Crippen LogP contribution is -2.07. The zero-order valence-corrected chi connectivity index (χ0v) is 14.9. The molecule has 0 aliphatic rings. The van der Waals surface area contributed by atoms with Gasteiger partial charge in [0.25, 0.3) is 0 Å². The lowest BCUT2D eigenvalue weighted by Gasteiger charge is -2.11. The maximum Gasteiger partial charge on any atom is 0.227 e. The van der Waals surface area contributed by atoms with Crippen molar-refractivity contribution in [3.8, 4) is 11.3 Å². The van der Waals surface area contributed by atoms with Crippen molar-refractivity contribution in [1.29, 1.82) is 0 Å². The lowest BCUT2D eigenvalue weighted by atomic mass is 10.1. The second-order valence-corrected chi connectivity index (χ2v) is 5.48. The Morgan fingerprint density at radius 2 is 2.15 bits per heavy atom. The first kappa shape index (κ1) is 19.1. The molecule has 0 aliphatic heterocycles. The first-order chi connectivity index (χ1) is 12.5. The molecular formula is C18H18ClFN6. The van der Waals surface area contributed by atoms with E-state index in [1.165, 1.54) is 24.7 Å². The quantitative estimate of drug-likeness (QED) is 0.505. The van der Waals surface area contributed by atoms with E-state index in [9.17, 15) is 4.39 Å². The van der Waals surface area contributed by atoms with E-state index in [4.69, 9.17) is 17.3 Å². The number of halogens is 2. The Morgan fingerprint density at radius 3 is 2.81 bits per heavy atom. The van der Waals surface area contributed by atoms with Crippen molar-refractivity contribution in [2.45, 2.75) is 0 Å². The first-order valence-electron chi connectivity index (χ1n) is 7.50. The summed E-state index contributed by atoms with van der Waals surface area (Å²) in [6.45, 7) is 7.39. The summed E-state index contributed by atoms with van der Waals surface area (Å²) >= 11 is 6.18. The lowest BCUT2D eigenvalue weighted by molar-refractivity contribution is 0.631. The molecule has 0 fully saturated rings. The van der Waals surface area contributed by atoms with Gasteiger partial charge in [0, 0.05) is 36.4 Å². The van der Waals surface area contributed by atoms with E-state index >= 15 is 0 Å². The summed E-state index contributed by atoms with van der Waals surface area (Å²) in [6, 6.07) is 4.47. The molecule has 2 aromatic rings. The number of allylic oxidation sites excluding steroid dienone is 2. The Balaban J connectivity index is 2.44. The molecule has 0 radical (unpaired) electrons. The Hall–Kier alpha value is -3.19. The highest BCUT2D eigenvalue weighted by atomic mass is 35.5. The van der Waals surface area contributed by atoms with Gasteiger partial charge < -0.3 is 16.4 Å². The van der Waals surface area contributed by atoms with Crippen molar-refractivity contribution >= 4 is 29.5 Å². The Kier molecular flexibility index (Phi) is 6.46. The van der Waals surface area contributed by atoms with Gasteiger partial charge in [0.2, 0.25) is 5.95 Å². The van der Waals surface area contributed by atoms with Crippen molar-refractivity contribution in [2.24, 2.45) is 10.7 Å². The number of nitrogens with zero attached hydrogens (tertiary/aromatic N) is 3. The number of hydrogen-bond acceptors (Lipinski definition) is 6. The van der Waals surface area contributed by atoms with Crippen LogP contribution < -0.4 is 16.4 Å². The summed E-state index contributed by atoms with van der Waals surface area (Å²) in [5, 5.41) is 6.08. The molecule has 0 saturated carbocycles. The minimum absolute atomic E-state index is 0.203. The molecule has 0 bridgehead atoms. The van der Waals surface area contributed by atoms with Gasteiger partial charge in [0.1, 0.15) is 5.82 Å². The maximum atomic E-state index is 14.4. The smallest absolute Gasteiger partial charge is 0.227 e. The van der Waals surface area contributed by atoms with Crippen LogP contribution in [-0.4, -0.2) is 23.2 Å². The standard InChI is InChI=1S/C18H18ClFN6/c1-4-11(2)24-12-5-6-16(20)14(7-12)17-15(19)10-23-18(26-17)25-13(8-21)9-22-3/h4-10,24H,1-2,21H2,3H3,(H,23,25,26)/b13-8+,22-9?. The topological polar surface area (TPSA) is 88.2 Å². The van der Waals surface area contributed by atoms with E-state index in [1.807, 2.05) is 0 Å². The molecule has 6 nitrogen and oxygen atoms in total. The fraction of sp³-hybridized carbons (Fsp3) is 0.0556. The minimum Gasteiger partial charge on any atom is -0.403 e. The van der Waals surface area contributed by atoms with Gasteiger partial charge in [-0.3, -0.25) is 4.99 Å². The highest BCUT2D eigenvalue weighted by molar-refractivity contribution is 6.33. The molecule has 1 aromatic heterocycles. The van der Waals surface area contributed by atoms with Crippen LogP contribution >= 0.6 is 11.6 Å². The average Bonchev–Trinajstić information content (AvgIpc) is 2.64. The molecule has 1 aromatic carbocycles. The SMILES string of the molecule is C=CC(=C)Nc1ccc(F)c(-c2nc(N/C(C=NC)=C/N)ncc2Cl)c1. The van der Waals surface area contributed by atoms with Crippen LogP contribution in [0.5, 0.6) is 0 Å². The normalized spacial score (nSPS) is 11.4. The fourth-order valence-corrected chi connectivity index (χ4v) is 2.22. The Bertz CT molecular complexity index is 891. The van der Waals surface area contributed by atoms with Crippen molar-refractivity contribution in [1.82, 2.24) is 9.97 Å². The third-order valence-electron chi connectivity index (χ3n) is 3.22. The van der Waals surface area contributed by atoms with E-state index in [1.54, 1.807) is 25.3 Å². The summed E-state index contributed by atoms with van der Waals surface area (Å²) < 4.78 is 14.4. The maximum absolute atomic E-state index is 14.4. The molecule has 0 saturated heterocycles. The van der Waals surface area contributed by atoms with Crippen molar-refractivity contribution in [2.75, 3.05) is 17.7 Å². The van der Waals surface area contributed by atoms with E-state index in [0.717, 1.165) is 0 Å². The summed E-state index contributed by atoms with van der Waals surface area (Å²) in [5.74, 6) is -0.273. The highest BCUT2D eigenvalue weighted by Crippen LogP contribution is 2.31. The van der Waals surface area contributed by atoms with Gasteiger partial charge in [-0.25, -0.2) is 14.4 Å². The Morgan fingerprint density at radius 1 is 1.38 bits per heavy atom. The summed E-state index contributed by atoms with van der Waals surface area (Å²) in [5.41, 5.74) is 7.64. The average molecular weight is 373 g/mol. The van der Waals surface area contributed by atoms with Crippen molar-refractivity contribution < 1.29 is 4.39 Å². The third kappa shape index (κ3) is 4.67. The van der Waals surface area contributed by atoms with Crippen LogP contribution in [0.25, 0.3) is 11.3 Å². The fourth-order valence-electron chi connectivity index (χ4n) is 2.02.